The maximum atomic E-state index is 12.6. The third-order valence-electron chi connectivity index (χ3n) is 7.28. The Morgan fingerprint density at radius 1 is 1.16 bits per heavy atom. The standard InChI is InChI=1S/C25H35N5O/c1-17-23(18-11-12-18)29-24(27-17)22-10-4-6-20(28-22)7-5-14-26-25(31)19-13-15-30(16-19)21-8-2-3-9-21/h4,6,10,18-19,21H,2-3,5,7-9,11-16H2,1H3,(H,26,31)(H,27,29)/t19-/m1/s1. The van der Waals surface area contributed by atoms with E-state index < -0.39 is 0 Å². The molecule has 1 atom stereocenters. The van der Waals surface area contributed by atoms with Crippen LogP contribution in [-0.2, 0) is 11.2 Å². The fourth-order valence-electron chi connectivity index (χ4n) is 5.33. The number of carbonyl (C=O) groups is 1. The molecule has 31 heavy (non-hydrogen) atoms. The number of carbonyl (C=O) groups excluding carboxylic acids is 1. The van der Waals surface area contributed by atoms with Crippen molar-refractivity contribution in [1.29, 1.82) is 0 Å². The normalized spacial score (nSPS) is 22.3. The molecule has 2 saturated carbocycles. The molecule has 0 spiro atoms. The average molecular weight is 422 g/mol. The van der Waals surface area contributed by atoms with Crippen molar-refractivity contribution in [3.8, 4) is 11.5 Å². The number of hydrogen-bond donors (Lipinski definition) is 2. The van der Waals surface area contributed by atoms with Crippen molar-refractivity contribution < 1.29 is 4.79 Å². The molecule has 166 valence electrons. The van der Waals surface area contributed by atoms with Crippen LogP contribution in [0, 0.1) is 12.8 Å². The molecule has 5 rings (SSSR count). The van der Waals surface area contributed by atoms with Gasteiger partial charge in [-0.05, 0) is 70.5 Å². The SMILES string of the molecule is Cc1[nH]c(-c2cccc(CCCNC(=O)[C@@H]3CCN(C4CCCC4)C3)n2)nc1C1CC1. The predicted octanol–water partition coefficient (Wildman–Crippen LogP) is 3.97. The Kier molecular flexibility index (Phi) is 6.08. The second-order valence-corrected chi connectivity index (χ2v) is 9.70. The first-order valence-electron chi connectivity index (χ1n) is 12.2. The lowest BCUT2D eigenvalue weighted by Gasteiger charge is -2.23. The molecule has 1 amide bonds. The lowest BCUT2D eigenvalue weighted by molar-refractivity contribution is -0.124. The summed E-state index contributed by atoms with van der Waals surface area (Å²) >= 11 is 0. The maximum Gasteiger partial charge on any atom is 0.224 e. The van der Waals surface area contributed by atoms with Crippen molar-refractivity contribution in [1.82, 2.24) is 25.2 Å². The van der Waals surface area contributed by atoms with Gasteiger partial charge in [0, 0.05) is 36.4 Å². The number of likely N-dealkylation sites (tertiary alicyclic amines) is 1. The summed E-state index contributed by atoms with van der Waals surface area (Å²) in [6.07, 6.45) is 10.6. The van der Waals surface area contributed by atoms with Crippen molar-refractivity contribution in [3.63, 3.8) is 0 Å². The van der Waals surface area contributed by atoms with E-state index in [9.17, 15) is 4.79 Å². The van der Waals surface area contributed by atoms with Gasteiger partial charge in [0.2, 0.25) is 5.91 Å². The maximum absolute atomic E-state index is 12.6. The number of imidazole rings is 1. The van der Waals surface area contributed by atoms with Crippen molar-refractivity contribution in [3.05, 3.63) is 35.3 Å². The first-order chi connectivity index (χ1) is 15.2. The summed E-state index contributed by atoms with van der Waals surface area (Å²) < 4.78 is 0. The van der Waals surface area contributed by atoms with Gasteiger partial charge in [-0.3, -0.25) is 9.69 Å². The number of rotatable bonds is 8. The highest BCUT2D eigenvalue weighted by Crippen LogP contribution is 2.41. The van der Waals surface area contributed by atoms with E-state index in [0.29, 0.717) is 5.92 Å². The molecule has 3 fully saturated rings. The summed E-state index contributed by atoms with van der Waals surface area (Å²) in [5.41, 5.74) is 4.35. The lowest BCUT2D eigenvalue weighted by atomic mass is 10.1. The van der Waals surface area contributed by atoms with Crippen LogP contribution in [-0.4, -0.2) is 51.4 Å². The average Bonchev–Trinajstić information content (AvgIpc) is 3.18. The molecule has 0 radical (unpaired) electrons. The van der Waals surface area contributed by atoms with Crippen LogP contribution in [0.5, 0.6) is 0 Å². The minimum atomic E-state index is 0.171. The van der Waals surface area contributed by atoms with Gasteiger partial charge in [-0.1, -0.05) is 18.9 Å². The Hall–Kier alpha value is -2.21. The van der Waals surface area contributed by atoms with E-state index in [1.54, 1.807) is 0 Å². The molecule has 6 heteroatoms. The van der Waals surface area contributed by atoms with Crippen LogP contribution in [0.3, 0.4) is 0 Å². The van der Waals surface area contributed by atoms with Gasteiger partial charge < -0.3 is 10.3 Å². The second kappa shape index (κ2) is 9.11. The predicted molar refractivity (Wildman–Crippen MR) is 122 cm³/mol. The van der Waals surface area contributed by atoms with Crippen LogP contribution in [0.2, 0.25) is 0 Å². The van der Waals surface area contributed by atoms with E-state index in [1.165, 1.54) is 49.9 Å². The van der Waals surface area contributed by atoms with Crippen molar-refractivity contribution in [2.24, 2.45) is 5.92 Å². The summed E-state index contributed by atoms with van der Waals surface area (Å²) in [4.78, 5) is 28.2. The number of H-pyrrole nitrogens is 1. The van der Waals surface area contributed by atoms with E-state index in [2.05, 4.69) is 34.3 Å². The number of hydrogen-bond acceptors (Lipinski definition) is 4. The number of aryl methyl sites for hydroxylation is 2. The molecule has 3 heterocycles. The quantitative estimate of drug-likeness (QED) is 0.633. The molecule has 2 aromatic heterocycles. The summed E-state index contributed by atoms with van der Waals surface area (Å²) in [6.45, 7) is 4.87. The second-order valence-electron chi connectivity index (χ2n) is 9.70. The zero-order valence-electron chi connectivity index (χ0n) is 18.7. The van der Waals surface area contributed by atoms with Crippen LogP contribution >= 0.6 is 0 Å². The fourth-order valence-corrected chi connectivity index (χ4v) is 5.33. The molecule has 2 aromatic rings. The third-order valence-corrected chi connectivity index (χ3v) is 7.28. The number of aromatic amines is 1. The van der Waals surface area contributed by atoms with Gasteiger partial charge in [-0.15, -0.1) is 0 Å². The van der Waals surface area contributed by atoms with E-state index in [1.807, 2.05) is 6.07 Å². The highest BCUT2D eigenvalue weighted by atomic mass is 16.1. The van der Waals surface area contributed by atoms with Crippen LogP contribution < -0.4 is 5.32 Å². The van der Waals surface area contributed by atoms with E-state index in [-0.39, 0.29) is 11.8 Å². The summed E-state index contributed by atoms with van der Waals surface area (Å²) in [7, 11) is 0. The van der Waals surface area contributed by atoms with Crippen LogP contribution in [0.25, 0.3) is 11.5 Å². The van der Waals surface area contributed by atoms with Gasteiger partial charge in [0.1, 0.15) is 5.69 Å². The van der Waals surface area contributed by atoms with Crippen molar-refractivity contribution in [2.45, 2.75) is 76.7 Å². The molecule has 1 aliphatic heterocycles. The monoisotopic (exact) mass is 421 g/mol. The van der Waals surface area contributed by atoms with Gasteiger partial charge >= 0.3 is 0 Å². The van der Waals surface area contributed by atoms with Crippen molar-refractivity contribution >= 4 is 5.91 Å². The highest BCUT2D eigenvalue weighted by molar-refractivity contribution is 5.79. The number of aromatic nitrogens is 3. The lowest BCUT2D eigenvalue weighted by Crippen LogP contribution is -2.36. The van der Waals surface area contributed by atoms with E-state index in [4.69, 9.17) is 9.97 Å². The number of pyridine rings is 1. The van der Waals surface area contributed by atoms with Crippen LogP contribution in [0.4, 0.5) is 0 Å². The first kappa shape index (κ1) is 20.7. The molecule has 2 aliphatic carbocycles. The number of nitrogens with zero attached hydrogens (tertiary/aromatic N) is 3. The summed E-state index contributed by atoms with van der Waals surface area (Å²) in [5.74, 6) is 1.93. The van der Waals surface area contributed by atoms with Crippen LogP contribution in [0.15, 0.2) is 18.2 Å². The highest BCUT2D eigenvalue weighted by Gasteiger charge is 2.33. The molecule has 0 aromatic carbocycles. The zero-order valence-corrected chi connectivity index (χ0v) is 18.7. The van der Waals surface area contributed by atoms with Gasteiger partial charge in [0.05, 0.1) is 11.6 Å². The largest absolute Gasteiger partial charge is 0.356 e. The van der Waals surface area contributed by atoms with Gasteiger partial charge in [0.15, 0.2) is 5.82 Å². The minimum Gasteiger partial charge on any atom is -0.356 e. The molecule has 1 saturated heterocycles. The smallest absolute Gasteiger partial charge is 0.224 e. The van der Waals surface area contributed by atoms with Gasteiger partial charge in [-0.2, -0.15) is 0 Å². The molecule has 6 nitrogen and oxygen atoms in total. The molecule has 0 unspecified atom stereocenters. The third kappa shape index (κ3) is 4.84. The Morgan fingerprint density at radius 3 is 2.81 bits per heavy atom. The van der Waals surface area contributed by atoms with Gasteiger partial charge in [0.25, 0.3) is 0 Å². The summed E-state index contributed by atoms with van der Waals surface area (Å²) in [5, 5.41) is 3.17. The fraction of sp³-hybridized carbons (Fsp3) is 0.640. The molecule has 3 aliphatic rings. The molecular formula is C25H35N5O. The molecule has 0 bridgehead atoms. The first-order valence-corrected chi connectivity index (χ1v) is 12.2. The molecular weight excluding hydrogens is 386 g/mol. The Labute approximate surface area is 185 Å². The number of nitrogens with one attached hydrogen (secondary N) is 2. The van der Waals surface area contributed by atoms with E-state index in [0.717, 1.165) is 62.2 Å². The Balaban J connectivity index is 1.08. The number of amides is 1. The minimum absolute atomic E-state index is 0.171. The zero-order chi connectivity index (χ0) is 21.2. The topological polar surface area (TPSA) is 73.9 Å². The van der Waals surface area contributed by atoms with Crippen LogP contribution in [0.1, 0.15) is 74.4 Å². The molecule has 2 N–H and O–H groups in total. The summed E-state index contributed by atoms with van der Waals surface area (Å²) in [6, 6.07) is 6.88. The van der Waals surface area contributed by atoms with Gasteiger partial charge in [-0.25, -0.2) is 9.97 Å². The Bertz CT molecular complexity index is 912. The Morgan fingerprint density at radius 2 is 2.00 bits per heavy atom. The van der Waals surface area contributed by atoms with Crippen molar-refractivity contribution in [2.75, 3.05) is 19.6 Å². The van der Waals surface area contributed by atoms with E-state index >= 15 is 0 Å².